The molecule has 0 unspecified atom stereocenters. The standard InChI is InChI=1S/C12H20N4O3S/c1-2-8-14-12(17)7-9-15-20(18,19)11-6-4-3-5-10(11)16-13/h3-6,15-16H,2,7-9,13H2,1H3,(H,14,17). The SMILES string of the molecule is CCCNC(=O)CCNS(=O)(=O)c1ccccc1NN. The molecule has 0 bridgehead atoms. The molecule has 1 rings (SSSR count). The molecule has 0 saturated heterocycles. The quantitative estimate of drug-likeness (QED) is 0.404. The Morgan fingerprint density at radius 3 is 2.60 bits per heavy atom. The molecule has 0 aromatic heterocycles. The second kappa shape index (κ2) is 7.83. The summed E-state index contributed by atoms with van der Waals surface area (Å²) < 4.78 is 26.5. The Labute approximate surface area is 119 Å². The van der Waals surface area contributed by atoms with Gasteiger partial charge < -0.3 is 10.7 Å². The lowest BCUT2D eigenvalue weighted by Gasteiger charge is -2.10. The highest BCUT2D eigenvalue weighted by Crippen LogP contribution is 2.19. The molecule has 0 aliphatic carbocycles. The van der Waals surface area contributed by atoms with Crippen LogP contribution in [0.2, 0.25) is 0 Å². The lowest BCUT2D eigenvalue weighted by molar-refractivity contribution is -0.120. The van der Waals surface area contributed by atoms with Crippen molar-refractivity contribution in [2.75, 3.05) is 18.5 Å². The number of hydrogen-bond acceptors (Lipinski definition) is 5. The van der Waals surface area contributed by atoms with Crippen LogP contribution in [0.4, 0.5) is 5.69 Å². The van der Waals surface area contributed by atoms with Gasteiger partial charge in [-0.1, -0.05) is 19.1 Å². The van der Waals surface area contributed by atoms with Crippen molar-refractivity contribution in [2.45, 2.75) is 24.7 Å². The minimum Gasteiger partial charge on any atom is -0.356 e. The van der Waals surface area contributed by atoms with Crippen LogP contribution in [0.5, 0.6) is 0 Å². The Bertz CT molecular complexity index is 545. The number of hydrogen-bond donors (Lipinski definition) is 4. The number of nitrogens with two attached hydrogens (primary N) is 1. The molecule has 0 saturated carbocycles. The molecule has 0 heterocycles. The summed E-state index contributed by atoms with van der Waals surface area (Å²) in [4.78, 5) is 11.4. The van der Waals surface area contributed by atoms with Gasteiger partial charge in [-0.15, -0.1) is 0 Å². The molecule has 20 heavy (non-hydrogen) atoms. The van der Waals surface area contributed by atoms with Crippen molar-refractivity contribution in [1.29, 1.82) is 0 Å². The molecule has 0 radical (unpaired) electrons. The summed E-state index contributed by atoms with van der Waals surface area (Å²) in [7, 11) is -3.69. The van der Waals surface area contributed by atoms with Gasteiger partial charge in [0.05, 0.1) is 5.69 Å². The van der Waals surface area contributed by atoms with E-state index in [1.165, 1.54) is 6.07 Å². The van der Waals surface area contributed by atoms with E-state index in [1.54, 1.807) is 18.2 Å². The zero-order chi connectivity index (χ0) is 15.0. The first-order valence-corrected chi connectivity index (χ1v) is 7.81. The third kappa shape index (κ3) is 4.80. The molecule has 0 atom stereocenters. The van der Waals surface area contributed by atoms with Crippen molar-refractivity contribution in [2.24, 2.45) is 5.84 Å². The van der Waals surface area contributed by atoms with Crippen molar-refractivity contribution >= 4 is 21.6 Å². The molecule has 1 amide bonds. The van der Waals surface area contributed by atoms with Gasteiger partial charge in [-0.3, -0.25) is 10.6 Å². The fraction of sp³-hybridized carbons (Fsp3) is 0.417. The predicted octanol–water partition coefficient (Wildman–Crippen LogP) is 0.167. The smallest absolute Gasteiger partial charge is 0.242 e. The Kier molecular flexibility index (Phi) is 6.43. The van der Waals surface area contributed by atoms with Gasteiger partial charge in [0.2, 0.25) is 15.9 Å². The van der Waals surface area contributed by atoms with Crippen molar-refractivity contribution < 1.29 is 13.2 Å². The molecule has 5 N–H and O–H groups in total. The van der Waals surface area contributed by atoms with E-state index in [2.05, 4.69) is 15.5 Å². The second-order valence-electron chi connectivity index (χ2n) is 4.14. The Morgan fingerprint density at radius 2 is 1.95 bits per heavy atom. The van der Waals surface area contributed by atoms with Crippen LogP contribution in [0.3, 0.4) is 0 Å². The highest BCUT2D eigenvalue weighted by molar-refractivity contribution is 7.89. The normalized spacial score (nSPS) is 11.1. The van der Waals surface area contributed by atoms with Crippen molar-refractivity contribution in [3.8, 4) is 0 Å². The molecule has 0 fully saturated rings. The number of nitrogens with one attached hydrogen (secondary N) is 3. The minimum atomic E-state index is -3.69. The fourth-order valence-corrected chi connectivity index (χ4v) is 2.75. The number of carbonyl (C=O) groups is 1. The number of rotatable bonds is 8. The molecule has 0 aliphatic rings. The van der Waals surface area contributed by atoms with Gasteiger partial charge in [0, 0.05) is 19.5 Å². The highest BCUT2D eigenvalue weighted by Gasteiger charge is 2.17. The molecule has 112 valence electrons. The summed E-state index contributed by atoms with van der Waals surface area (Å²) >= 11 is 0. The summed E-state index contributed by atoms with van der Waals surface area (Å²) in [5, 5.41) is 2.67. The van der Waals surface area contributed by atoms with Crippen LogP contribution in [0.15, 0.2) is 29.2 Å². The van der Waals surface area contributed by atoms with Gasteiger partial charge in [0.15, 0.2) is 0 Å². The number of anilines is 1. The zero-order valence-corrected chi connectivity index (χ0v) is 12.2. The number of hydrazine groups is 1. The maximum Gasteiger partial charge on any atom is 0.242 e. The molecular formula is C12H20N4O3S. The van der Waals surface area contributed by atoms with Crippen LogP contribution in [0, 0.1) is 0 Å². The molecule has 1 aromatic carbocycles. The average molecular weight is 300 g/mol. The molecule has 0 spiro atoms. The first-order chi connectivity index (χ1) is 9.51. The van der Waals surface area contributed by atoms with Crippen LogP contribution in [-0.2, 0) is 14.8 Å². The van der Waals surface area contributed by atoms with Crippen LogP contribution in [0.1, 0.15) is 19.8 Å². The molecule has 0 aliphatic heterocycles. The van der Waals surface area contributed by atoms with E-state index < -0.39 is 10.0 Å². The van der Waals surface area contributed by atoms with E-state index in [0.29, 0.717) is 12.2 Å². The number of amides is 1. The summed E-state index contributed by atoms with van der Waals surface area (Å²) in [6.45, 7) is 2.57. The fourth-order valence-electron chi connectivity index (χ4n) is 1.55. The second-order valence-corrected chi connectivity index (χ2v) is 5.87. The van der Waals surface area contributed by atoms with Crippen LogP contribution < -0.4 is 21.3 Å². The van der Waals surface area contributed by atoms with Gasteiger partial charge >= 0.3 is 0 Å². The van der Waals surface area contributed by atoms with E-state index in [0.717, 1.165) is 6.42 Å². The van der Waals surface area contributed by atoms with Gasteiger partial charge in [-0.05, 0) is 18.6 Å². The van der Waals surface area contributed by atoms with E-state index in [4.69, 9.17) is 5.84 Å². The number of benzene rings is 1. The topological polar surface area (TPSA) is 113 Å². The third-order valence-electron chi connectivity index (χ3n) is 2.55. The van der Waals surface area contributed by atoms with Gasteiger partial charge in [0.25, 0.3) is 0 Å². The Hall–Kier alpha value is -1.64. The van der Waals surface area contributed by atoms with Crippen molar-refractivity contribution in [1.82, 2.24) is 10.0 Å². The summed E-state index contributed by atoms with van der Waals surface area (Å²) in [6, 6.07) is 6.27. The Balaban J connectivity index is 2.60. The molecular weight excluding hydrogens is 280 g/mol. The maximum atomic E-state index is 12.1. The predicted molar refractivity (Wildman–Crippen MR) is 77.4 cm³/mol. The summed E-state index contributed by atoms with van der Waals surface area (Å²) in [5.41, 5.74) is 2.63. The number of carbonyl (C=O) groups excluding carboxylic acids is 1. The molecule has 8 heteroatoms. The minimum absolute atomic E-state index is 0.0385. The summed E-state index contributed by atoms with van der Waals surface area (Å²) in [5.74, 6) is 5.09. The summed E-state index contributed by atoms with van der Waals surface area (Å²) in [6.07, 6.45) is 0.935. The number of sulfonamides is 1. The lowest BCUT2D eigenvalue weighted by Crippen LogP contribution is -2.31. The number of para-hydroxylation sites is 1. The average Bonchev–Trinajstić information content (AvgIpc) is 2.44. The van der Waals surface area contributed by atoms with Gasteiger partial charge in [-0.2, -0.15) is 0 Å². The first-order valence-electron chi connectivity index (χ1n) is 6.33. The van der Waals surface area contributed by atoms with Crippen molar-refractivity contribution in [3.63, 3.8) is 0 Å². The van der Waals surface area contributed by atoms with E-state index in [1.807, 2.05) is 6.92 Å². The largest absolute Gasteiger partial charge is 0.356 e. The van der Waals surface area contributed by atoms with Gasteiger partial charge in [-0.25, -0.2) is 13.1 Å². The monoisotopic (exact) mass is 300 g/mol. The van der Waals surface area contributed by atoms with Crippen LogP contribution in [0.25, 0.3) is 0 Å². The third-order valence-corrected chi connectivity index (χ3v) is 4.07. The molecule has 1 aromatic rings. The lowest BCUT2D eigenvalue weighted by atomic mass is 10.3. The van der Waals surface area contributed by atoms with E-state index in [-0.39, 0.29) is 23.8 Å². The number of nitrogen functional groups attached to an aromatic ring is 1. The van der Waals surface area contributed by atoms with Crippen molar-refractivity contribution in [3.05, 3.63) is 24.3 Å². The Morgan fingerprint density at radius 1 is 1.25 bits per heavy atom. The maximum absolute atomic E-state index is 12.1. The molecule has 7 nitrogen and oxygen atoms in total. The van der Waals surface area contributed by atoms with E-state index in [9.17, 15) is 13.2 Å². The zero-order valence-electron chi connectivity index (χ0n) is 11.3. The van der Waals surface area contributed by atoms with E-state index >= 15 is 0 Å². The highest BCUT2D eigenvalue weighted by atomic mass is 32.2. The van der Waals surface area contributed by atoms with Gasteiger partial charge in [0.1, 0.15) is 4.90 Å². The first kappa shape index (κ1) is 16.4. The van der Waals surface area contributed by atoms with Crippen LogP contribution in [-0.4, -0.2) is 27.4 Å². The van der Waals surface area contributed by atoms with Crippen LogP contribution >= 0.6 is 0 Å².